The van der Waals surface area contributed by atoms with E-state index in [1.54, 1.807) is 20.8 Å². The quantitative estimate of drug-likeness (QED) is 0.474. The molecule has 2 atom stereocenters. The minimum absolute atomic E-state index is 0.265. The maximum Gasteiger partial charge on any atom is 0.318 e. The summed E-state index contributed by atoms with van der Waals surface area (Å²) in [4.78, 5) is 23.1. The lowest BCUT2D eigenvalue weighted by Crippen LogP contribution is -2.45. The van der Waals surface area contributed by atoms with Gasteiger partial charge in [0.2, 0.25) is 0 Å². The molecule has 1 saturated carbocycles. The molecule has 4 nitrogen and oxygen atoms in total. The van der Waals surface area contributed by atoms with Crippen molar-refractivity contribution in [2.45, 2.75) is 64.5 Å². The average Bonchev–Trinajstić information content (AvgIpc) is 2.28. The molecule has 1 rings (SSSR count). The average molecular weight is 255 g/mol. The third-order valence-corrected chi connectivity index (χ3v) is 3.43. The number of nitrogens with two attached hydrogens (primary N) is 1. The normalized spacial score (nSPS) is 21.1. The molecule has 0 aliphatic heterocycles. The summed E-state index contributed by atoms with van der Waals surface area (Å²) >= 11 is 0. The van der Waals surface area contributed by atoms with Crippen molar-refractivity contribution < 1.29 is 14.3 Å². The largest absolute Gasteiger partial charge is 0.459 e. The molecule has 0 amide bonds. The standard InChI is InChI=1S/C14H25NO3/c1-14(2,3)18-13(17)11(9-16)12(15)10-7-5-4-6-8-10/h9-12H,4-8,15H2,1-3H3. The number of rotatable bonds is 4. The fourth-order valence-corrected chi connectivity index (χ4v) is 2.49. The Morgan fingerprint density at radius 1 is 1.28 bits per heavy atom. The van der Waals surface area contributed by atoms with E-state index in [1.807, 2.05) is 0 Å². The second-order valence-corrected chi connectivity index (χ2v) is 6.17. The van der Waals surface area contributed by atoms with E-state index < -0.39 is 23.5 Å². The van der Waals surface area contributed by atoms with Gasteiger partial charge >= 0.3 is 5.97 Å². The molecule has 4 heteroatoms. The lowest BCUT2D eigenvalue weighted by molar-refractivity contribution is -0.161. The molecule has 18 heavy (non-hydrogen) atoms. The summed E-state index contributed by atoms with van der Waals surface area (Å²) in [5, 5.41) is 0. The van der Waals surface area contributed by atoms with E-state index in [0.717, 1.165) is 25.7 Å². The molecule has 1 aliphatic carbocycles. The molecule has 1 fully saturated rings. The zero-order chi connectivity index (χ0) is 13.8. The predicted molar refractivity (Wildman–Crippen MR) is 69.9 cm³/mol. The minimum Gasteiger partial charge on any atom is -0.459 e. The summed E-state index contributed by atoms with van der Waals surface area (Å²) in [6.45, 7) is 5.37. The van der Waals surface area contributed by atoms with E-state index in [9.17, 15) is 9.59 Å². The Morgan fingerprint density at radius 3 is 2.28 bits per heavy atom. The highest BCUT2D eigenvalue weighted by Gasteiger charge is 2.34. The highest BCUT2D eigenvalue weighted by Crippen LogP contribution is 2.28. The first-order valence-corrected chi connectivity index (χ1v) is 6.79. The summed E-state index contributed by atoms with van der Waals surface area (Å²) in [6, 6.07) is -0.405. The van der Waals surface area contributed by atoms with Gasteiger partial charge in [0.15, 0.2) is 0 Å². The van der Waals surface area contributed by atoms with Gasteiger partial charge in [-0.3, -0.25) is 4.79 Å². The Hall–Kier alpha value is -0.900. The van der Waals surface area contributed by atoms with Gasteiger partial charge in [-0.1, -0.05) is 19.3 Å². The van der Waals surface area contributed by atoms with E-state index in [-0.39, 0.29) is 5.92 Å². The van der Waals surface area contributed by atoms with E-state index >= 15 is 0 Å². The van der Waals surface area contributed by atoms with Gasteiger partial charge in [-0.15, -0.1) is 0 Å². The van der Waals surface area contributed by atoms with Crippen LogP contribution in [0.3, 0.4) is 0 Å². The molecule has 0 aromatic carbocycles. The van der Waals surface area contributed by atoms with Crippen molar-refractivity contribution in [1.29, 1.82) is 0 Å². The van der Waals surface area contributed by atoms with E-state index in [4.69, 9.17) is 10.5 Å². The van der Waals surface area contributed by atoms with Crippen LogP contribution in [0.25, 0.3) is 0 Å². The van der Waals surface area contributed by atoms with Crippen LogP contribution in [0.4, 0.5) is 0 Å². The van der Waals surface area contributed by atoms with Crippen molar-refractivity contribution in [2.75, 3.05) is 0 Å². The molecule has 1 aliphatic rings. The van der Waals surface area contributed by atoms with Gasteiger partial charge in [-0.2, -0.15) is 0 Å². The minimum atomic E-state index is -0.827. The topological polar surface area (TPSA) is 69.4 Å². The Balaban J connectivity index is 2.63. The number of esters is 1. The van der Waals surface area contributed by atoms with Gasteiger partial charge in [-0.25, -0.2) is 0 Å². The third-order valence-electron chi connectivity index (χ3n) is 3.43. The Bertz CT molecular complexity index is 290. The maximum absolute atomic E-state index is 11.9. The van der Waals surface area contributed by atoms with Crippen molar-refractivity contribution in [3.05, 3.63) is 0 Å². The van der Waals surface area contributed by atoms with Crippen molar-refractivity contribution >= 4 is 12.3 Å². The van der Waals surface area contributed by atoms with Crippen LogP contribution in [-0.4, -0.2) is 23.9 Å². The van der Waals surface area contributed by atoms with Gasteiger partial charge in [0, 0.05) is 6.04 Å². The molecule has 0 aromatic rings. The van der Waals surface area contributed by atoms with Crippen molar-refractivity contribution in [2.24, 2.45) is 17.6 Å². The number of carbonyl (C=O) groups is 2. The van der Waals surface area contributed by atoms with Crippen molar-refractivity contribution in [3.63, 3.8) is 0 Å². The van der Waals surface area contributed by atoms with Gasteiger partial charge in [0.1, 0.15) is 17.8 Å². The van der Waals surface area contributed by atoms with E-state index in [2.05, 4.69) is 0 Å². The van der Waals surface area contributed by atoms with Crippen molar-refractivity contribution in [3.8, 4) is 0 Å². The lowest BCUT2D eigenvalue weighted by atomic mass is 9.79. The second-order valence-electron chi connectivity index (χ2n) is 6.17. The number of hydrogen-bond donors (Lipinski definition) is 1. The molecule has 0 radical (unpaired) electrons. The van der Waals surface area contributed by atoms with Gasteiger partial charge < -0.3 is 15.3 Å². The molecule has 2 N–H and O–H groups in total. The van der Waals surface area contributed by atoms with Crippen molar-refractivity contribution in [1.82, 2.24) is 0 Å². The third kappa shape index (κ3) is 4.41. The summed E-state index contributed by atoms with van der Waals surface area (Å²) in [6.07, 6.45) is 6.16. The van der Waals surface area contributed by atoms with Crippen LogP contribution in [0.1, 0.15) is 52.9 Å². The number of carbonyl (C=O) groups excluding carboxylic acids is 2. The zero-order valence-corrected chi connectivity index (χ0v) is 11.6. The fraction of sp³-hybridized carbons (Fsp3) is 0.857. The Labute approximate surface area is 109 Å². The lowest BCUT2D eigenvalue weighted by Gasteiger charge is -2.31. The predicted octanol–water partition coefficient (Wildman–Crippen LogP) is 2.05. The maximum atomic E-state index is 11.9. The van der Waals surface area contributed by atoms with Crippen LogP contribution in [0, 0.1) is 11.8 Å². The second kappa shape index (κ2) is 6.32. The number of hydrogen-bond acceptors (Lipinski definition) is 4. The van der Waals surface area contributed by atoms with Crippen LogP contribution in [0.2, 0.25) is 0 Å². The van der Waals surface area contributed by atoms with Crippen LogP contribution < -0.4 is 5.73 Å². The number of aldehydes is 1. The summed E-state index contributed by atoms with van der Waals surface area (Å²) in [5.41, 5.74) is 5.51. The van der Waals surface area contributed by atoms with Crippen LogP contribution in [-0.2, 0) is 14.3 Å². The summed E-state index contributed by atoms with van der Waals surface area (Å²) < 4.78 is 5.25. The fourth-order valence-electron chi connectivity index (χ4n) is 2.49. The summed E-state index contributed by atoms with van der Waals surface area (Å²) in [5.74, 6) is -1.05. The smallest absolute Gasteiger partial charge is 0.318 e. The molecule has 104 valence electrons. The van der Waals surface area contributed by atoms with Gasteiger partial charge in [0.25, 0.3) is 0 Å². The monoisotopic (exact) mass is 255 g/mol. The van der Waals surface area contributed by atoms with E-state index in [0.29, 0.717) is 6.29 Å². The number of ether oxygens (including phenoxy) is 1. The Kier molecular flexibility index (Phi) is 5.32. The first kappa shape index (κ1) is 15.2. The summed E-state index contributed by atoms with van der Waals surface area (Å²) in [7, 11) is 0. The zero-order valence-electron chi connectivity index (χ0n) is 11.6. The van der Waals surface area contributed by atoms with Gasteiger partial charge in [0.05, 0.1) is 0 Å². The molecular formula is C14H25NO3. The molecule has 0 saturated heterocycles. The molecule has 0 bridgehead atoms. The first-order valence-electron chi connectivity index (χ1n) is 6.79. The van der Waals surface area contributed by atoms with Crippen LogP contribution >= 0.6 is 0 Å². The van der Waals surface area contributed by atoms with E-state index in [1.165, 1.54) is 6.42 Å². The van der Waals surface area contributed by atoms with Crippen LogP contribution in [0.5, 0.6) is 0 Å². The molecule has 0 heterocycles. The molecular weight excluding hydrogens is 230 g/mol. The molecule has 2 unspecified atom stereocenters. The molecule has 0 aromatic heterocycles. The van der Waals surface area contributed by atoms with Crippen LogP contribution in [0.15, 0.2) is 0 Å². The van der Waals surface area contributed by atoms with Gasteiger partial charge in [-0.05, 0) is 39.5 Å². The molecule has 0 spiro atoms. The first-order chi connectivity index (χ1) is 8.35. The SMILES string of the molecule is CC(C)(C)OC(=O)C(C=O)C(N)C1CCCCC1. The highest BCUT2D eigenvalue weighted by atomic mass is 16.6. The Morgan fingerprint density at radius 2 is 1.83 bits per heavy atom. The highest BCUT2D eigenvalue weighted by molar-refractivity contribution is 5.88.